The summed E-state index contributed by atoms with van der Waals surface area (Å²) in [5, 5.41) is 4.70. The van der Waals surface area contributed by atoms with E-state index in [1.165, 1.54) is 15.9 Å². The Kier molecular flexibility index (Phi) is 10.9. The van der Waals surface area contributed by atoms with Gasteiger partial charge in [0.1, 0.15) is 25.1 Å². The molecule has 0 bridgehead atoms. The Balaban J connectivity index is 0.000000743. The van der Waals surface area contributed by atoms with Crippen molar-refractivity contribution < 1.29 is 33.7 Å². The van der Waals surface area contributed by atoms with Gasteiger partial charge in [-0.05, 0) is 36.4 Å². The molecule has 6 nitrogen and oxygen atoms in total. The predicted octanol–water partition coefficient (Wildman–Crippen LogP) is 3.28. The van der Waals surface area contributed by atoms with E-state index in [1.54, 1.807) is 23.1 Å². The van der Waals surface area contributed by atoms with Gasteiger partial charge in [0.15, 0.2) is 13.0 Å². The largest absolute Gasteiger partial charge is 0.293 e. The standard InChI is InChI=1S/C35H27NOPS2.ClHO4/c37-32(27-16-6-1-7-17-27)26-39-35-33(36-34(40-35)28-18-8-2-9-19-28)38(29-20-10-3-11-21-29,30-22-12-4-13-23-30)31-24-14-5-15-25-31;2-1(3,4)5/h1-25H,26H2;(H,2,3,4,5)/q+1;. The zero-order chi connectivity index (χ0) is 31.7. The van der Waals surface area contributed by atoms with Crippen molar-refractivity contribution >= 4 is 57.5 Å². The van der Waals surface area contributed by atoms with Crippen LogP contribution in [0.1, 0.15) is 10.4 Å². The van der Waals surface area contributed by atoms with Gasteiger partial charge >= 0.3 is 0 Å². The van der Waals surface area contributed by atoms with Crippen molar-refractivity contribution in [3.05, 3.63) is 157 Å². The highest BCUT2D eigenvalue weighted by Gasteiger charge is 2.52. The molecule has 0 radical (unpaired) electrons. The highest BCUT2D eigenvalue weighted by Crippen LogP contribution is 2.57. The first-order chi connectivity index (χ1) is 21.8. The van der Waals surface area contributed by atoms with E-state index in [4.69, 9.17) is 23.6 Å². The van der Waals surface area contributed by atoms with E-state index >= 15 is 0 Å². The van der Waals surface area contributed by atoms with Crippen LogP contribution in [0.15, 0.2) is 156 Å². The second-order valence-electron chi connectivity index (χ2n) is 9.65. The van der Waals surface area contributed by atoms with Gasteiger partial charge in [-0.1, -0.05) is 115 Å². The third-order valence-electron chi connectivity index (χ3n) is 6.78. The second-order valence-corrected chi connectivity index (χ2v) is 16.0. The van der Waals surface area contributed by atoms with Gasteiger partial charge in [-0.2, -0.15) is 19.0 Å². The molecule has 6 rings (SSSR count). The Morgan fingerprint density at radius 1 is 0.667 bits per heavy atom. The molecule has 0 atom stereocenters. The van der Waals surface area contributed by atoms with Crippen molar-refractivity contribution in [3.63, 3.8) is 0 Å². The molecule has 6 aromatic rings. The van der Waals surface area contributed by atoms with Crippen LogP contribution in [-0.2, 0) is 0 Å². The number of ketones is 1. The topological polar surface area (TPSA) is 119 Å². The molecule has 0 unspecified atom stereocenters. The van der Waals surface area contributed by atoms with Crippen LogP contribution in [0.5, 0.6) is 0 Å². The molecule has 1 N–H and O–H groups in total. The molecule has 226 valence electrons. The molecule has 0 saturated heterocycles. The number of hydrogen-bond acceptors (Lipinski definition) is 8. The van der Waals surface area contributed by atoms with Crippen molar-refractivity contribution in [1.29, 1.82) is 0 Å². The molecule has 1 aromatic heterocycles. The highest BCUT2D eigenvalue weighted by molar-refractivity contribution is 8.05. The van der Waals surface area contributed by atoms with Gasteiger partial charge in [0.2, 0.25) is 5.44 Å². The maximum absolute atomic E-state index is 13.2. The van der Waals surface area contributed by atoms with Gasteiger partial charge in [-0.15, -0.1) is 23.1 Å². The zero-order valence-electron chi connectivity index (χ0n) is 23.8. The number of carbonyl (C=O) groups excluding carboxylic acids is 1. The summed E-state index contributed by atoms with van der Waals surface area (Å²) in [4.78, 5) is 18.7. The second kappa shape index (κ2) is 15.1. The van der Waals surface area contributed by atoms with Gasteiger partial charge in [-0.25, -0.2) is 0 Å². The van der Waals surface area contributed by atoms with E-state index in [2.05, 4.69) is 115 Å². The molecular weight excluding hydrogens is 645 g/mol. The van der Waals surface area contributed by atoms with Crippen LogP contribution in [0.2, 0.25) is 0 Å². The molecule has 0 aliphatic heterocycles. The van der Waals surface area contributed by atoms with Crippen molar-refractivity contribution in [2.24, 2.45) is 0 Å². The fourth-order valence-corrected chi connectivity index (χ4v) is 12.1. The lowest BCUT2D eigenvalue weighted by molar-refractivity contribution is -1.92. The minimum absolute atomic E-state index is 0.120. The third-order valence-corrected chi connectivity index (χ3v) is 13.6. The molecule has 0 saturated carbocycles. The minimum Gasteiger partial charge on any atom is -0.293 e. The number of benzene rings is 5. The maximum atomic E-state index is 13.2. The number of rotatable bonds is 9. The minimum atomic E-state index is -4.69. The molecular formula is C35H28ClNO5PS2+. The highest BCUT2D eigenvalue weighted by atomic mass is 35.7. The number of thiazole rings is 1. The quantitative estimate of drug-likeness (QED) is 0.142. The van der Waals surface area contributed by atoms with Crippen molar-refractivity contribution in [3.8, 4) is 10.6 Å². The zero-order valence-corrected chi connectivity index (χ0v) is 27.1. The number of hydrogen-bond donors (Lipinski definition) is 1. The lowest BCUT2D eigenvalue weighted by atomic mass is 10.2. The Morgan fingerprint density at radius 3 is 1.47 bits per heavy atom. The van der Waals surface area contributed by atoms with Crippen molar-refractivity contribution in [2.45, 2.75) is 4.21 Å². The molecule has 0 amide bonds. The van der Waals surface area contributed by atoms with Crippen LogP contribution in [0.4, 0.5) is 0 Å². The summed E-state index contributed by atoms with van der Waals surface area (Å²) in [5.74, 6) is 0.473. The molecule has 0 aliphatic carbocycles. The summed E-state index contributed by atoms with van der Waals surface area (Å²) in [5.41, 5.74) is 2.88. The number of halogens is 1. The van der Waals surface area contributed by atoms with E-state index in [0.717, 1.165) is 25.8 Å². The first-order valence-electron chi connectivity index (χ1n) is 13.7. The van der Waals surface area contributed by atoms with Gasteiger partial charge in [0.05, 0.1) is 20.7 Å². The lowest BCUT2D eigenvalue weighted by Crippen LogP contribution is -2.58. The number of Topliss-reactive ketones (excluding diaryl/α,β-unsaturated/α-hetero) is 1. The Morgan fingerprint density at radius 2 is 1.04 bits per heavy atom. The lowest BCUT2D eigenvalue weighted by Gasteiger charge is -2.26. The average Bonchev–Trinajstić information content (AvgIpc) is 3.50. The third kappa shape index (κ3) is 8.13. The number of nitrogens with zero attached hydrogens (tertiary/aromatic N) is 1. The summed E-state index contributed by atoms with van der Waals surface area (Å²) in [6, 6.07) is 52.2. The predicted molar refractivity (Wildman–Crippen MR) is 176 cm³/mol. The van der Waals surface area contributed by atoms with Crippen LogP contribution < -0.4 is 35.3 Å². The summed E-state index contributed by atoms with van der Waals surface area (Å²) < 4.78 is 33.8. The number of thioether (sulfide) groups is 1. The van der Waals surface area contributed by atoms with E-state index in [-0.39, 0.29) is 5.78 Å². The van der Waals surface area contributed by atoms with Gasteiger partial charge in [0.25, 0.3) is 0 Å². The van der Waals surface area contributed by atoms with Gasteiger partial charge in [-0.3, -0.25) is 4.79 Å². The summed E-state index contributed by atoms with van der Waals surface area (Å²) >= 11 is 3.30. The van der Waals surface area contributed by atoms with Crippen molar-refractivity contribution in [2.75, 3.05) is 5.75 Å². The molecule has 45 heavy (non-hydrogen) atoms. The normalized spacial score (nSPS) is 11.4. The molecule has 0 spiro atoms. The van der Waals surface area contributed by atoms with Crippen LogP contribution in [-0.4, -0.2) is 21.2 Å². The van der Waals surface area contributed by atoms with Crippen LogP contribution >= 0.6 is 30.4 Å². The first kappa shape index (κ1) is 32.7. The average molecular weight is 673 g/mol. The molecule has 1 heterocycles. The summed E-state index contributed by atoms with van der Waals surface area (Å²) in [6.45, 7) is 0. The van der Waals surface area contributed by atoms with E-state index in [0.29, 0.717) is 5.75 Å². The number of carbonyl (C=O) groups is 1. The smallest absolute Gasteiger partial charge is 0.223 e. The first-order valence-corrected chi connectivity index (χ1v) is 18.6. The van der Waals surface area contributed by atoms with E-state index in [1.807, 2.05) is 36.4 Å². The Bertz CT molecular complexity index is 1700. The summed E-state index contributed by atoms with van der Waals surface area (Å²) in [7, 11) is -7.10. The molecule has 5 aromatic carbocycles. The van der Waals surface area contributed by atoms with Gasteiger partial charge in [0, 0.05) is 11.1 Å². The molecule has 0 fully saturated rings. The van der Waals surface area contributed by atoms with Gasteiger partial charge < -0.3 is 0 Å². The van der Waals surface area contributed by atoms with Crippen molar-refractivity contribution in [1.82, 2.24) is 4.98 Å². The van der Waals surface area contributed by atoms with Crippen LogP contribution in [0.25, 0.3) is 10.6 Å². The van der Waals surface area contributed by atoms with Crippen LogP contribution in [0, 0.1) is 10.2 Å². The van der Waals surface area contributed by atoms with E-state index in [9.17, 15) is 4.79 Å². The Hall–Kier alpha value is -3.69. The molecule has 0 aliphatic rings. The monoisotopic (exact) mass is 672 g/mol. The maximum Gasteiger partial charge on any atom is 0.223 e. The number of aromatic nitrogens is 1. The fraction of sp³-hybridized carbons (Fsp3) is 0.0286. The summed E-state index contributed by atoms with van der Waals surface area (Å²) in [6.07, 6.45) is 0. The fourth-order valence-electron chi connectivity index (χ4n) is 4.92. The SMILES string of the molecule is O=C(CSc1sc(-c2ccccc2)nc1[P+](c1ccccc1)(c1ccccc1)c1ccccc1)c1ccccc1.[O-][Cl+3]([O-])([O-])O. The van der Waals surface area contributed by atoms with E-state index < -0.39 is 17.5 Å². The van der Waals surface area contributed by atoms with Crippen LogP contribution in [0.3, 0.4) is 0 Å². The molecule has 10 heteroatoms. The Labute approximate surface area is 272 Å².